The second-order valence-electron chi connectivity index (χ2n) is 5.81. The monoisotopic (exact) mass is 482 g/mol. The molecule has 1 aliphatic heterocycles. The third kappa shape index (κ3) is 6.58. The number of carbonyl (C=O) groups is 1. The molecule has 0 unspecified atom stereocenters. The molecule has 146 valence electrons. The lowest BCUT2D eigenvalue weighted by molar-refractivity contribution is 0.111. The quantitative estimate of drug-likeness (QED) is 0.394. The maximum atomic E-state index is 13.7. The molecule has 1 fully saturated rings. The van der Waals surface area contributed by atoms with Crippen molar-refractivity contribution in [1.29, 1.82) is 0 Å². The summed E-state index contributed by atoms with van der Waals surface area (Å²) >= 11 is 0. The Balaban J connectivity index is 0.00000338. The predicted octanol–water partition coefficient (Wildman–Crippen LogP) is 2.87. The third-order valence-electron chi connectivity index (χ3n) is 4.03. The highest BCUT2D eigenvalue weighted by atomic mass is 127. The predicted molar refractivity (Wildman–Crippen MR) is 107 cm³/mol. The van der Waals surface area contributed by atoms with Gasteiger partial charge in [0.2, 0.25) is 0 Å². The molecule has 0 radical (unpaired) electrons. The summed E-state index contributed by atoms with van der Waals surface area (Å²) in [7, 11) is 1.37. The molecule has 1 heterocycles. The smallest absolute Gasteiger partial charge is 0.409 e. The van der Waals surface area contributed by atoms with Crippen LogP contribution in [0.15, 0.2) is 23.2 Å². The highest BCUT2D eigenvalue weighted by Crippen LogP contribution is 2.12. The van der Waals surface area contributed by atoms with Crippen molar-refractivity contribution in [2.45, 2.75) is 32.4 Å². The van der Waals surface area contributed by atoms with Crippen LogP contribution in [-0.4, -0.2) is 49.7 Å². The largest absolute Gasteiger partial charge is 0.453 e. The van der Waals surface area contributed by atoms with Crippen LogP contribution in [0.25, 0.3) is 0 Å². The van der Waals surface area contributed by atoms with Gasteiger partial charge < -0.3 is 20.3 Å². The Bertz CT molecular complexity index is 623. The van der Waals surface area contributed by atoms with Crippen molar-refractivity contribution in [3.8, 4) is 0 Å². The van der Waals surface area contributed by atoms with Crippen LogP contribution in [0.4, 0.5) is 13.6 Å². The average molecular weight is 482 g/mol. The molecule has 1 aromatic rings. The number of rotatable bonds is 4. The highest BCUT2D eigenvalue weighted by Gasteiger charge is 2.23. The number of amides is 1. The van der Waals surface area contributed by atoms with Gasteiger partial charge in [-0.15, -0.1) is 24.0 Å². The average Bonchev–Trinajstić information content (AvgIpc) is 2.62. The zero-order chi connectivity index (χ0) is 18.2. The molecule has 9 heteroatoms. The van der Waals surface area contributed by atoms with Crippen LogP contribution in [0, 0.1) is 11.6 Å². The summed E-state index contributed by atoms with van der Waals surface area (Å²) in [5.74, 6) is -0.421. The van der Waals surface area contributed by atoms with Crippen LogP contribution in [-0.2, 0) is 11.3 Å². The zero-order valence-corrected chi connectivity index (χ0v) is 17.3. The van der Waals surface area contributed by atoms with Gasteiger partial charge in [-0.25, -0.2) is 18.6 Å². The van der Waals surface area contributed by atoms with Gasteiger partial charge in [0.1, 0.15) is 11.6 Å². The van der Waals surface area contributed by atoms with E-state index in [4.69, 9.17) is 4.74 Å². The molecule has 0 bridgehead atoms. The Morgan fingerprint density at radius 1 is 1.35 bits per heavy atom. The summed E-state index contributed by atoms with van der Waals surface area (Å²) < 4.78 is 31.6. The lowest BCUT2D eigenvalue weighted by Gasteiger charge is -2.32. The second-order valence-corrected chi connectivity index (χ2v) is 5.81. The van der Waals surface area contributed by atoms with E-state index in [0.29, 0.717) is 25.6 Å². The summed E-state index contributed by atoms with van der Waals surface area (Å²) in [6.45, 7) is 3.82. The lowest BCUT2D eigenvalue weighted by atomic mass is 10.1. The van der Waals surface area contributed by atoms with Gasteiger partial charge >= 0.3 is 6.09 Å². The molecule has 1 saturated heterocycles. The van der Waals surface area contributed by atoms with Gasteiger partial charge in [0.15, 0.2) is 5.96 Å². The van der Waals surface area contributed by atoms with E-state index in [1.165, 1.54) is 7.11 Å². The maximum Gasteiger partial charge on any atom is 0.409 e. The van der Waals surface area contributed by atoms with E-state index >= 15 is 0 Å². The number of ether oxygens (including phenoxy) is 1. The number of guanidine groups is 1. The van der Waals surface area contributed by atoms with E-state index < -0.39 is 11.6 Å². The first-order valence-corrected chi connectivity index (χ1v) is 8.35. The first-order chi connectivity index (χ1) is 12.0. The molecule has 0 aromatic heterocycles. The Kier molecular flexibility index (Phi) is 9.60. The molecule has 6 nitrogen and oxygen atoms in total. The van der Waals surface area contributed by atoms with E-state index in [9.17, 15) is 13.6 Å². The van der Waals surface area contributed by atoms with Crippen molar-refractivity contribution in [2.24, 2.45) is 4.99 Å². The lowest BCUT2D eigenvalue weighted by Crippen LogP contribution is -2.49. The number of nitrogens with zero attached hydrogens (tertiary/aromatic N) is 2. The number of piperidine rings is 1. The standard InChI is InChI=1S/C17H24F2N4O2.HI/c1-3-20-16(21-11-12-10-13(18)4-5-15(12)19)22-14-6-8-23(9-7-14)17(24)25-2;/h4-5,10,14H,3,6-9,11H2,1-2H3,(H2,20,21,22);1H. The molecule has 0 aliphatic carbocycles. The van der Waals surface area contributed by atoms with Crippen molar-refractivity contribution in [1.82, 2.24) is 15.5 Å². The third-order valence-corrected chi connectivity index (χ3v) is 4.03. The summed E-state index contributed by atoms with van der Waals surface area (Å²) in [4.78, 5) is 17.5. The van der Waals surface area contributed by atoms with Gasteiger partial charge in [-0.3, -0.25) is 0 Å². The fraction of sp³-hybridized carbons (Fsp3) is 0.529. The number of hydrogen-bond donors (Lipinski definition) is 2. The molecule has 2 rings (SSSR count). The van der Waals surface area contributed by atoms with Crippen LogP contribution in [0.3, 0.4) is 0 Å². The topological polar surface area (TPSA) is 66.0 Å². The Hall–Kier alpha value is -1.65. The minimum absolute atomic E-state index is 0. The highest BCUT2D eigenvalue weighted by molar-refractivity contribution is 14.0. The summed E-state index contributed by atoms with van der Waals surface area (Å²) in [5.41, 5.74) is 0.206. The minimum atomic E-state index is -0.486. The molecular weight excluding hydrogens is 457 g/mol. The van der Waals surface area contributed by atoms with Crippen LogP contribution in [0.1, 0.15) is 25.3 Å². The van der Waals surface area contributed by atoms with Crippen LogP contribution in [0.5, 0.6) is 0 Å². The number of hydrogen-bond acceptors (Lipinski definition) is 3. The van der Waals surface area contributed by atoms with Crippen molar-refractivity contribution in [3.63, 3.8) is 0 Å². The fourth-order valence-electron chi connectivity index (χ4n) is 2.68. The maximum absolute atomic E-state index is 13.7. The molecule has 1 aromatic carbocycles. The van der Waals surface area contributed by atoms with Crippen molar-refractivity contribution in [3.05, 3.63) is 35.4 Å². The molecule has 26 heavy (non-hydrogen) atoms. The van der Waals surface area contributed by atoms with Crippen molar-refractivity contribution < 1.29 is 18.3 Å². The van der Waals surface area contributed by atoms with E-state index in [1.807, 2.05) is 6.92 Å². The van der Waals surface area contributed by atoms with E-state index in [1.54, 1.807) is 4.90 Å². The zero-order valence-electron chi connectivity index (χ0n) is 14.9. The number of benzene rings is 1. The second kappa shape index (κ2) is 11.1. The Labute approximate surface area is 169 Å². The van der Waals surface area contributed by atoms with Gasteiger partial charge in [0.05, 0.1) is 13.7 Å². The van der Waals surface area contributed by atoms with Gasteiger partial charge in [0.25, 0.3) is 0 Å². The number of aliphatic imine (C=N–C) groups is 1. The number of carbonyl (C=O) groups excluding carboxylic acids is 1. The summed E-state index contributed by atoms with van der Waals surface area (Å²) in [6, 6.07) is 3.48. The SMILES string of the molecule is CCNC(=NCc1cc(F)ccc1F)NC1CCN(C(=O)OC)CC1.I. The van der Waals surface area contributed by atoms with Crippen molar-refractivity contribution >= 4 is 36.0 Å². The summed E-state index contributed by atoms with van der Waals surface area (Å²) in [5, 5.41) is 6.38. The molecular formula is C17H25F2IN4O2. The summed E-state index contributed by atoms with van der Waals surface area (Å²) in [6.07, 6.45) is 1.20. The van der Waals surface area contributed by atoms with Crippen molar-refractivity contribution in [2.75, 3.05) is 26.7 Å². The number of nitrogens with one attached hydrogen (secondary N) is 2. The number of methoxy groups -OCH3 is 1. The molecule has 2 N–H and O–H groups in total. The molecule has 0 atom stereocenters. The van der Waals surface area contributed by atoms with Gasteiger partial charge in [-0.05, 0) is 38.0 Å². The normalized spacial score (nSPS) is 15.2. The molecule has 0 spiro atoms. The first-order valence-electron chi connectivity index (χ1n) is 8.35. The number of halogens is 3. The number of likely N-dealkylation sites (tertiary alicyclic amines) is 1. The first kappa shape index (κ1) is 22.4. The van der Waals surface area contributed by atoms with Gasteiger partial charge in [0, 0.05) is 31.2 Å². The van der Waals surface area contributed by atoms with E-state index in [2.05, 4.69) is 15.6 Å². The van der Waals surface area contributed by atoms with E-state index in [0.717, 1.165) is 31.0 Å². The molecule has 1 aliphatic rings. The van der Waals surface area contributed by atoms with Crippen LogP contribution >= 0.6 is 24.0 Å². The van der Waals surface area contributed by atoms with Crippen LogP contribution in [0.2, 0.25) is 0 Å². The molecule has 0 saturated carbocycles. The van der Waals surface area contributed by atoms with Crippen LogP contribution < -0.4 is 10.6 Å². The fourth-order valence-corrected chi connectivity index (χ4v) is 2.68. The molecule has 1 amide bonds. The minimum Gasteiger partial charge on any atom is -0.453 e. The Morgan fingerprint density at radius 3 is 2.65 bits per heavy atom. The van der Waals surface area contributed by atoms with E-state index in [-0.39, 0.29) is 48.2 Å². The van der Waals surface area contributed by atoms with Gasteiger partial charge in [-0.2, -0.15) is 0 Å². The van der Waals surface area contributed by atoms with Gasteiger partial charge in [-0.1, -0.05) is 0 Å². The Morgan fingerprint density at radius 2 is 2.04 bits per heavy atom.